The van der Waals surface area contributed by atoms with Gasteiger partial charge in [0.15, 0.2) is 0 Å². The van der Waals surface area contributed by atoms with Crippen LogP contribution in [0.2, 0.25) is 0 Å². The number of hydrogen-bond donors (Lipinski definition) is 2. The third-order valence-corrected chi connectivity index (χ3v) is 1.58. The second kappa shape index (κ2) is 3.87. The van der Waals surface area contributed by atoms with Gasteiger partial charge in [-0.15, -0.1) is 0 Å². The zero-order valence-corrected chi connectivity index (χ0v) is 8.98. The minimum atomic E-state index is -0.991. The van der Waals surface area contributed by atoms with E-state index >= 15 is 0 Å². The molecule has 5 nitrogen and oxygen atoms in total. The molecular weight excluding hydrogens is 181 g/mol. The molecule has 0 spiro atoms. The summed E-state index contributed by atoms with van der Waals surface area (Å²) in [6.45, 7) is 0. The van der Waals surface area contributed by atoms with Crippen molar-refractivity contribution in [3.05, 3.63) is 23.8 Å². The predicted octanol–water partition coefficient (Wildman–Crippen LogP) is 0.275. The molecule has 1 heterocycles. The van der Waals surface area contributed by atoms with Gasteiger partial charge in [0.05, 0.1) is 5.56 Å². The maximum Gasteiger partial charge on any atom is 0.338 e. The second-order valence-corrected chi connectivity index (χ2v) is 2.30. The van der Waals surface area contributed by atoms with Crippen LogP contribution < -0.4 is 0 Å². The zero-order chi connectivity index (χ0) is 8.55. The first-order chi connectivity index (χ1) is 5.79. The molecule has 0 bridgehead atoms. The summed E-state index contributed by atoms with van der Waals surface area (Å²) in [6.07, 6.45) is 0. The number of fused-ring (bicyclic) bond motifs is 1. The number of aromatic carboxylic acids is 1. The molecule has 1 aromatic heterocycles. The molecule has 0 aliphatic heterocycles. The molecule has 0 atom stereocenters. The van der Waals surface area contributed by atoms with Crippen LogP contribution in [0, 0.1) is 0 Å². The fourth-order valence-corrected chi connectivity index (χ4v) is 1.04. The molecule has 0 saturated heterocycles. The van der Waals surface area contributed by atoms with Crippen molar-refractivity contribution in [2.75, 3.05) is 0 Å². The Kier molecular flexibility index (Phi) is 3.02. The number of carboxylic acids is 1. The summed E-state index contributed by atoms with van der Waals surface area (Å²) in [7, 11) is 0. The van der Waals surface area contributed by atoms with E-state index in [1.807, 2.05) is 0 Å². The summed E-state index contributed by atoms with van der Waals surface area (Å²) in [4.78, 5) is 10.6. The number of benzene rings is 1. The van der Waals surface area contributed by atoms with Gasteiger partial charge >= 0.3 is 5.97 Å². The summed E-state index contributed by atoms with van der Waals surface area (Å²) in [5, 5.41) is 18.6. The molecule has 0 aliphatic carbocycles. The molecule has 2 N–H and O–H groups in total. The van der Waals surface area contributed by atoms with Crippen LogP contribution >= 0.6 is 0 Å². The normalized spacial score (nSPS) is 9.54. The van der Waals surface area contributed by atoms with E-state index in [1.54, 1.807) is 12.1 Å². The second-order valence-electron chi connectivity index (χ2n) is 2.30. The Labute approximate surface area is 95.4 Å². The first-order valence-electron chi connectivity index (χ1n) is 3.32. The molecule has 1 aromatic carbocycles. The van der Waals surface area contributed by atoms with Crippen LogP contribution in [-0.2, 0) is 0 Å². The van der Waals surface area contributed by atoms with Crippen LogP contribution in [0.25, 0.3) is 11.0 Å². The van der Waals surface area contributed by atoms with Crippen LogP contribution in [0.5, 0.6) is 0 Å². The number of rotatable bonds is 1. The topological polar surface area (TPSA) is 78.9 Å². The van der Waals surface area contributed by atoms with Crippen molar-refractivity contribution in [3.63, 3.8) is 0 Å². The minimum Gasteiger partial charge on any atom is -0.478 e. The Morgan fingerprint density at radius 3 is 2.85 bits per heavy atom. The van der Waals surface area contributed by atoms with Gasteiger partial charge in [-0.2, -0.15) is 15.4 Å². The molecule has 2 rings (SSSR count). The number of aromatic amines is 1. The third-order valence-electron chi connectivity index (χ3n) is 1.58. The molecule has 0 amide bonds. The number of nitrogens with one attached hydrogen (secondary N) is 1. The molecule has 0 aliphatic rings. The van der Waals surface area contributed by atoms with Gasteiger partial charge in [-0.05, 0) is 12.1 Å². The summed E-state index contributed by atoms with van der Waals surface area (Å²) in [6, 6.07) is 4.83. The Balaban J connectivity index is 0.000000845. The number of nitrogens with zero attached hydrogens (tertiary/aromatic N) is 2. The van der Waals surface area contributed by atoms with Gasteiger partial charge in [0.1, 0.15) is 11.0 Å². The van der Waals surface area contributed by atoms with Gasteiger partial charge in [0.25, 0.3) is 0 Å². The molecule has 2 aromatic rings. The van der Waals surface area contributed by atoms with Gasteiger partial charge in [-0.25, -0.2) is 4.79 Å². The summed E-state index contributed by atoms with van der Waals surface area (Å²) in [5.41, 5.74) is 1.13. The van der Waals surface area contributed by atoms with Crippen LogP contribution in [-0.4, -0.2) is 56.0 Å². The van der Waals surface area contributed by atoms with Gasteiger partial charge in [0, 0.05) is 29.6 Å². The molecule has 61 valence electrons. The maximum absolute atomic E-state index is 10.6. The zero-order valence-electron chi connectivity index (χ0n) is 6.98. The molecule has 13 heavy (non-hydrogen) atoms. The van der Waals surface area contributed by atoms with E-state index in [-0.39, 0.29) is 35.1 Å². The van der Waals surface area contributed by atoms with Crippen molar-refractivity contribution in [2.24, 2.45) is 0 Å². The number of hydrogen-bond acceptors (Lipinski definition) is 3. The summed E-state index contributed by atoms with van der Waals surface area (Å²) < 4.78 is 0. The third kappa shape index (κ3) is 1.72. The monoisotopic (exact) mass is 186 g/mol. The molecule has 1 radical (unpaired) electrons. The van der Waals surface area contributed by atoms with Gasteiger partial charge < -0.3 is 5.11 Å². The average molecular weight is 186 g/mol. The van der Waals surface area contributed by atoms with Gasteiger partial charge in [0.2, 0.25) is 0 Å². The Hall–Kier alpha value is -0.910. The molecule has 0 fully saturated rings. The number of carboxylic acid groups (broad SMARTS) is 1. The SMILES string of the molecule is O=C(O)c1cccc2n[nH]nc12.[Na]. The minimum absolute atomic E-state index is 0. The first-order valence-corrected chi connectivity index (χ1v) is 3.32. The number of aromatic nitrogens is 3. The molecule has 0 saturated carbocycles. The van der Waals surface area contributed by atoms with Crippen LogP contribution in [0.4, 0.5) is 0 Å². The van der Waals surface area contributed by atoms with E-state index in [2.05, 4.69) is 15.4 Å². The molecule has 6 heteroatoms. The van der Waals surface area contributed by atoms with Gasteiger partial charge in [-0.1, -0.05) is 6.07 Å². The van der Waals surface area contributed by atoms with E-state index in [0.717, 1.165) is 0 Å². The van der Waals surface area contributed by atoms with Crippen LogP contribution in [0.15, 0.2) is 18.2 Å². The van der Waals surface area contributed by atoms with E-state index in [4.69, 9.17) is 5.11 Å². The fourth-order valence-electron chi connectivity index (χ4n) is 1.04. The van der Waals surface area contributed by atoms with Crippen molar-refractivity contribution in [3.8, 4) is 0 Å². The number of para-hydroxylation sites is 1. The quantitative estimate of drug-likeness (QED) is 0.627. The maximum atomic E-state index is 10.6. The summed E-state index contributed by atoms with van der Waals surface area (Å²) in [5.74, 6) is -0.991. The molecular formula is C7H5N3NaO2. The van der Waals surface area contributed by atoms with Crippen LogP contribution in [0.3, 0.4) is 0 Å². The van der Waals surface area contributed by atoms with E-state index in [9.17, 15) is 4.79 Å². The first kappa shape index (κ1) is 10.2. The Bertz CT molecular complexity index is 440. The van der Waals surface area contributed by atoms with Crippen molar-refractivity contribution < 1.29 is 9.90 Å². The van der Waals surface area contributed by atoms with Gasteiger partial charge in [-0.3, -0.25) is 0 Å². The molecule has 0 unspecified atom stereocenters. The summed E-state index contributed by atoms with van der Waals surface area (Å²) >= 11 is 0. The predicted molar refractivity (Wildman–Crippen MR) is 46.6 cm³/mol. The Morgan fingerprint density at radius 2 is 2.15 bits per heavy atom. The van der Waals surface area contributed by atoms with Crippen molar-refractivity contribution in [1.29, 1.82) is 0 Å². The van der Waals surface area contributed by atoms with E-state index in [1.165, 1.54) is 6.07 Å². The van der Waals surface area contributed by atoms with Crippen LogP contribution in [0.1, 0.15) is 10.4 Å². The smallest absolute Gasteiger partial charge is 0.338 e. The largest absolute Gasteiger partial charge is 0.478 e. The van der Waals surface area contributed by atoms with Crippen molar-refractivity contribution >= 4 is 46.6 Å². The van der Waals surface area contributed by atoms with E-state index < -0.39 is 5.97 Å². The van der Waals surface area contributed by atoms with Crippen molar-refractivity contribution in [2.45, 2.75) is 0 Å². The van der Waals surface area contributed by atoms with Crippen molar-refractivity contribution in [1.82, 2.24) is 15.4 Å². The number of H-pyrrole nitrogens is 1. The van der Waals surface area contributed by atoms with E-state index in [0.29, 0.717) is 11.0 Å². The fraction of sp³-hybridized carbons (Fsp3) is 0. The average Bonchev–Trinajstić information content (AvgIpc) is 2.49. The Morgan fingerprint density at radius 1 is 1.38 bits per heavy atom. The number of carbonyl (C=O) groups is 1. The standard InChI is InChI=1S/C7H5N3O2.Na/c11-7(12)4-2-1-3-5-6(4)9-10-8-5;/h1-3H,(H,11,12)(H,8,9,10);.